The van der Waals surface area contributed by atoms with Crippen LogP contribution in [0.1, 0.15) is 12.8 Å². The number of ether oxygens (including phenoxy) is 1. The van der Waals surface area contributed by atoms with Crippen molar-refractivity contribution in [2.24, 2.45) is 0 Å². The van der Waals surface area contributed by atoms with Gasteiger partial charge in [-0.05, 0) is 55.3 Å². The number of carbonyl (C=O) groups is 1. The first kappa shape index (κ1) is 19.6. The number of thiazole rings is 1. The molecule has 0 bridgehead atoms. The number of benzene rings is 2. The van der Waals surface area contributed by atoms with Gasteiger partial charge in [-0.25, -0.2) is 9.37 Å². The number of aromatic nitrogens is 1. The van der Waals surface area contributed by atoms with E-state index in [1.54, 1.807) is 23.1 Å². The molecule has 0 aliphatic carbocycles. The summed E-state index contributed by atoms with van der Waals surface area (Å²) >= 11 is 8.70. The van der Waals surface area contributed by atoms with Gasteiger partial charge in [0.1, 0.15) is 5.82 Å². The van der Waals surface area contributed by atoms with E-state index in [9.17, 15) is 9.18 Å². The lowest BCUT2D eigenvalue weighted by atomic mass is 10.2. The molecular formula is C20H18ClFN2O2S2. The van der Waals surface area contributed by atoms with Gasteiger partial charge in [0.2, 0.25) is 5.91 Å². The first-order chi connectivity index (χ1) is 13.6. The summed E-state index contributed by atoms with van der Waals surface area (Å²) in [5, 5.41) is 1.25. The highest BCUT2D eigenvalue weighted by molar-refractivity contribution is 8.00. The van der Waals surface area contributed by atoms with Gasteiger partial charge in [-0.1, -0.05) is 22.9 Å². The molecule has 8 heteroatoms. The van der Waals surface area contributed by atoms with Crippen LogP contribution in [0.25, 0.3) is 10.2 Å². The van der Waals surface area contributed by atoms with Gasteiger partial charge < -0.3 is 4.74 Å². The number of halogens is 2. The molecular weight excluding hydrogens is 419 g/mol. The Balaban J connectivity index is 1.54. The molecule has 1 atom stereocenters. The third-order valence-electron chi connectivity index (χ3n) is 4.46. The van der Waals surface area contributed by atoms with E-state index in [0.29, 0.717) is 22.2 Å². The average Bonchev–Trinajstić information content (AvgIpc) is 3.34. The Morgan fingerprint density at radius 2 is 2.14 bits per heavy atom. The van der Waals surface area contributed by atoms with Crippen LogP contribution in [0.15, 0.2) is 47.4 Å². The molecule has 3 aromatic rings. The van der Waals surface area contributed by atoms with Crippen LogP contribution in [0.3, 0.4) is 0 Å². The fraction of sp³-hybridized carbons (Fsp3) is 0.300. The van der Waals surface area contributed by atoms with Crippen molar-refractivity contribution < 1.29 is 13.9 Å². The van der Waals surface area contributed by atoms with Crippen molar-refractivity contribution in [3.8, 4) is 0 Å². The zero-order valence-corrected chi connectivity index (χ0v) is 17.3. The zero-order valence-electron chi connectivity index (χ0n) is 14.9. The molecule has 2 aromatic carbocycles. The lowest BCUT2D eigenvalue weighted by Crippen LogP contribution is -2.38. The van der Waals surface area contributed by atoms with E-state index in [-0.39, 0.29) is 23.6 Å². The lowest BCUT2D eigenvalue weighted by molar-refractivity contribution is -0.116. The van der Waals surface area contributed by atoms with Gasteiger partial charge in [-0.15, -0.1) is 11.8 Å². The molecule has 146 valence electrons. The highest BCUT2D eigenvalue weighted by Gasteiger charge is 2.26. The Labute approximate surface area is 175 Å². The molecule has 4 nitrogen and oxygen atoms in total. The summed E-state index contributed by atoms with van der Waals surface area (Å²) < 4.78 is 20.0. The minimum Gasteiger partial charge on any atom is -0.376 e. The van der Waals surface area contributed by atoms with Crippen LogP contribution in [-0.2, 0) is 9.53 Å². The van der Waals surface area contributed by atoms with Crippen molar-refractivity contribution in [1.29, 1.82) is 0 Å². The van der Waals surface area contributed by atoms with Gasteiger partial charge >= 0.3 is 0 Å². The summed E-state index contributed by atoms with van der Waals surface area (Å²) in [6.45, 7) is 1.18. The minimum absolute atomic E-state index is 0.00762. The van der Waals surface area contributed by atoms with E-state index >= 15 is 0 Å². The van der Waals surface area contributed by atoms with Crippen molar-refractivity contribution in [3.05, 3.63) is 53.3 Å². The molecule has 1 amide bonds. The predicted octanol–water partition coefficient (Wildman–Crippen LogP) is 5.39. The normalized spacial score (nSPS) is 16.6. The number of nitrogens with zero attached hydrogens (tertiary/aromatic N) is 2. The predicted molar refractivity (Wildman–Crippen MR) is 113 cm³/mol. The molecule has 0 spiro atoms. The van der Waals surface area contributed by atoms with E-state index in [4.69, 9.17) is 16.3 Å². The van der Waals surface area contributed by atoms with Gasteiger partial charge in [-0.3, -0.25) is 9.69 Å². The number of fused-ring (bicyclic) bond motifs is 1. The first-order valence-electron chi connectivity index (χ1n) is 8.95. The molecule has 2 heterocycles. The van der Waals surface area contributed by atoms with E-state index < -0.39 is 0 Å². The molecule has 0 N–H and O–H groups in total. The van der Waals surface area contributed by atoms with Gasteiger partial charge in [-0.2, -0.15) is 0 Å². The van der Waals surface area contributed by atoms with Crippen molar-refractivity contribution in [2.75, 3.05) is 23.8 Å². The third kappa shape index (κ3) is 4.66. The van der Waals surface area contributed by atoms with Gasteiger partial charge in [0.15, 0.2) is 5.13 Å². The lowest BCUT2D eigenvalue weighted by Gasteiger charge is -2.23. The van der Waals surface area contributed by atoms with Gasteiger partial charge in [0, 0.05) is 16.5 Å². The number of rotatable bonds is 6. The Hall–Kier alpha value is -1.67. The second-order valence-corrected chi connectivity index (χ2v) is 8.98. The van der Waals surface area contributed by atoms with Crippen LogP contribution in [0, 0.1) is 5.82 Å². The molecule has 1 fully saturated rings. The van der Waals surface area contributed by atoms with Crippen molar-refractivity contribution in [2.45, 2.75) is 23.8 Å². The van der Waals surface area contributed by atoms with Crippen molar-refractivity contribution in [1.82, 2.24) is 4.98 Å². The summed E-state index contributed by atoms with van der Waals surface area (Å²) in [7, 11) is 0. The van der Waals surface area contributed by atoms with E-state index in [2.05, 4.69) is 4.98 Å². The Kier molecular flexibility index (Phi) is 6.16. The molecule has 1 aliphatic rings. The summed E-state index contributed by atoms with van der Waals surface area (Å²) in [4.78, 5) is 20.2. The molecule has 0 saturated carbocycles. The Morgan fingerprint density at radius 1 is 1.32 bits per heavy atom. The van der Waals surface area contributed by atoms with Crippen molar-refractivity contribution in [3.63, 3.8) is 0 Å². The summed E-state index contributed by atoms with van der Waals surface area (Å²) in [6.07, 6.45) is 1.93. The first-order valence-corrected chi connectivity index (χ1v) is 11.1. The minimum atomic E-state index is -0.307. The van der Waals surface area contributed by atoms with Crippen LogP contribution in [0.5, 0.6) is 0 Å². The van der Waals surface area contributed by atoms with Crippen molar-refractivity contribution >= 4 is 56.0 Å². The van der Waals surface area contributed by atoms with Crippen LogP contribution in [-0.4, -0.2) is 35.9 Å². The number of thioether (sulfide) groups is 1. The van der Waals surface area contributed by atoms with Gasteiger partial charge in [0.25, 0.3) is 0 Å². The quantitative estimate of drug-likeness (QED) is 0.485. The second kappa shape index (κ2) is 8.78. The monoisotopic (exact) mass is 436 g/mol. The zero-order chi connectivity index (χ0) is 19.5. The third-order valence-corrected chi connectivity index (χ3v) is 6.75. The highest BCUT2D eigenvalue weighted by atomic mass is 35.5. The summed E-state index contributed by atoms with van der Waals surface area (Å²) in [5.41, 5.74) is 0.692. The Morgan fingerprint density at radius 3 is 2.89 bits per heavy atom. The summed E-state index contributed by atoms with van der Waals surface area (Å²) in [5.74, 6) is -0.0773. The highest BCUT2D eigenvalue weighted by Crippen LogP contribution is 2.31. The SMILES string of the molecule is O=C(CSc1ccc(Cl)cc1)N(CC1CCCO1)c1nc2ccc(F)cc2s1. The molecule has 4 rings (SSSR count). The number of amides is 1. The number of hydrogen-bond acceptors (Lipinski definition) is 5. The molecule has 0 radical (unpaired) electrons. The molecule has 28 heavy (non-hydrogen) atoms. The maximum atomic E-state index is 13.5. The Bertz CT molecular complexity index is 974. The maximum Gasteiger partial charge on any atom is 0.239 e. The second-order valence-electron chi connectivity index (χ2n) is 6.49. The number of anilines is 1. The molecule has 1 aliphatic heterocycles. The maximum absolute atomic E-state index is 13.5. The van der Waals surface area contributed by atoms with Crippen LogP contribution >= 0.6 is 34.7 Å². The van der Waals surface area contributed by atoms with Crippen LogP contribution in [0.4, 0.5) is 9.52 Å². The fourth-order valence-electron chi connectivity index (χ4n) is 3.03. The van der Waals surface area contributed by atoms with Gasteiger partial charge in [0.05, 0.1) is 28.6 Å². The number of carbonyl (C=O) groups excluding carboxylic acids is 1. The smallest absolute Gasteiger partial charge is 0.239 e. The molecule has 1 unspecified atom stereocenters. The fourth-order valence-corrected chi connectivity index (χ4v) is 4.95. The van der Waals surface area contributed by atoms with Crippen LogP contribution < -0.4 is 4.90 Å². The molecule has 1 aromatic heterocycles. The van der Waals surface area contributed by atoms with E-state index in [1.807, 2.05) is 12.1 Å². The standard InChI is InChI=1S/C20H18ClFN2O2S2/c21-13-3-6-16(7-4-13)27-12-19(25)24(11-15-2-1-9-26-15)20-23-17-8-5-14(22)10-18(17)28-20/h3-8,10,15H,1-2,9,11-12H2. The average molecular weight is 437 g/mol. The molecule has 1 saturated heterocycles. The largest absolute Gasteiger partial charge is 0.376 e. The number of hydrogen-bond donors (Lipinski definition) is 0. The van der Waals surface area contributed by atoms with Crippen LogP contribution in [0.2, 0.25) is 5.02 Å². The van der Waals surface area contributed by atoms with E-state index in [0.717, 1.165) is 29.0 Å². The van der Waals surface area contributed by atoms with E-state index in [1.165, 1.54) is 35.2 Å². The summed E-state index contributed by atoms with van der Waals surface area (Å²) in [6, 6.07) is 11.9. The topological polar surface area (TPSA) is 42.4 Å².